The number of alkyl halides is 3. The van der Waals surface area contributed by atoms with Gasteiger partial charge in [0.05, 0.1) is 19.8 Å². The Morgan fingerprint density at radius 3 is 2.53 bits per heavy atom. The van der Waals surface area contributed by atoms with Crippen LogP contribution in [0.15, 0.2) is 0 Å². The predicted molar refractivity (Wildman–Crippen MR) is 48.7 cm³/mol. The molecule has 0 aliphatic carbocycles. The van der Waals surface area contributed by atoms with Crippen molar-refractivity contribution in [2.75, 3.05) is 33.0 Å². The first kappa shape index (κ1) is 12.7. The molecular formula is C9H16F3NO2. The van der Waals surface area contributed by atoms with Gasteiger partial charge >= 0.3 is 6.18 Å². The van der Waals surface area contributed by atoms with E-state index in [1.807, 2.05) is 0 Å². The van der Waals surface area contributed by atoms with Crippen LogP contribution in [0.2, 0.25) is 0 Å². The van der Waals surface area contributed by atoms with Crippen LogP contribution in [-0.2, 0) is 9.47 Å². The highest BCUT2D eigenvalue weighted by molar-refractivity contribution is 4.73. The summed E-state index contributed by atoms with van der Waals surface area (Å²) in [6.45, 7) is 0.562. The van der Waals surface area contributed by atoms with Gasteiger partial charge in [-0.05, 0) is 19.4 Å². The van der Waals surface area contributed by atoms with Gasteiger partial charge in [-0.3, -0.25) is 0 Å². The zero-order valence-electron chi connectivity index (χ0n) is 8.48. The van der Waals surface area contributed by atoms with Crippen molar-refractivity contribution < 1.29 is 22.6 Å². The molecule has 15 heavy (non-hydrogen) atoms. The Labute approximate surface area is 86.9 Å². The predicted octanol–water partition coefficient (Wildman–Crippen LogP) is 1.33. The molecule has 0 aromatic carbocycles. The Morgan fingerprint density at radius 1 is 1.20 bits per heavy atom. The molecule has 0 amide bonds. The maximum Gasteiger partial charge on any atom is 0.411 e. The minimum absolute atomic E-state index is 0.00771. The quantitative estimate of drug-likeness (QED) is 0.694. The lowest BCUT2D eigenvalue weighted by Crippen LogP contribution is -2.27. The Balaban J connectivity index is 1.84. The molecule has 1 aliphatic rings. The molecule has 1 atom stereocenters. The molecular weight excluding hydrogens is 211 g/mol. The van der Waals surface area contributed by atoms with Crippen molar-refractivity contribution >= 4 is 0 Å². The molecule has 1 N–H and O–H groups in total. The summed E-state index contributed by atoms with van der Waals surface area (Å²) >= 11 is 0. The molecule has 1 rings (SSSR count). The molecule has 90 valence electrons. The van der Waals surface area contributed by atoms with Crippen LogP contribution in [0.25, 0.3) is 0 Å². The topological polar surface area (TPSA) is 30.5 Å². The second kappa shape index (κ2) is 6.30. The number of halogens is 3. The summed E-state index contributed by atoms with van der Waals surface area (Å²) in [4.78, 5) is 0. The van der Waals surface area contributed by atoms with Crippen LogP contribution in [0.1, 0.15) is 12.8 Å². The molecule has 1 aliphatic heterocycles. The van der Waals surface area contributed by atoms with Crippen LogP contribution < -0.4 is 5.32 Å². The molecule has 1 unspecified atom stereocenters. The Kier molecular flexibility index (Phi) is 5.35. The molecule has 0 aromatic rings. The van der Waals surface area contributed by atoms with Crippen molar-refractivity contribution in [2.24, 2.45) is 0 Å². The van der Waals surface area contributed by atoms with Gasteiger partial charge in [0.2, 0.25) is 0 Å². The normalized spacial score (nSPS) is 22.2. The molecule has 0 saturated carbocycles. The lowest BCUT2D eigenvalue weighted by Gasteiger charge is -2.11. The molecule has 1 heterocycles. The number of ether oxygens (including phenoxy) is 2. The molecule has 0 bridgehead atoms. The third kappa shape index (κ3) is 6.70. The van der Waals surface area contributed by atoms with Gasteiger partial charge in [0, 0.05) is 6.04 Å². The largest absolute Gasteiger partial charge is 0.411 e. The van der Waals surface area contributed by atoms with E-state index < -0.39 is 12.8 Å². The highest BCUT2D eigenvalue weighted by atomic mass is 19.4. The van der Waals surface area contributed by atoms with Crippen LogP contribution in [0.4, 0.5) is 13.2 Å². The van der Waals surface area contributed by atoms with Gasteiger partial charge in [0.25, 0.3) is 0 Å². The third-order valence-electron chi connectivity index (χ3n) is 2.12. The van der Waals surface area contributed by atoms with E-state index in [0.29, 0.717) is 12.6 Å². The van der Waals surface area contributed by atoms with Gasteiger partial charge in [-0.15, -0.1) is 0 Å². The van der Waals surface area contributed by atoms with E-state index in [1.54, 1.807) is 0 Å². The van der Waals surface area contributed by atoms with E-state index in [-0.39, 0.29) is 13.2 Å². The molecule has 0 aromatic heterocycles. The maximum absolute atomic E-state index is 11.6. The van der Waals surface area contributed by atoms with Crippen LogP contribution in [0.3, 0.4) is 0 Å². The zero-order valence-corrected chi connectivity index (χ0v) is 8.48. The van der Waals surface area contributed by atoms with Crippen LogP contribution in [0.5, 0.6) is 0 Å². The number of nitrogens with one attached hydrogen (secondary N) is 1. The summed E-state index contributed by atoms with van der Waals surface area (Å²) in [5.74, 6) is 0. The Bertz CT molecular complexity index is 169. The van der Waals surface area contributed by atoms with Crippen LogP contribution >= 0.6 is 0 Å². The van der Waals surface area contributed by atoms with Crippen LogP contribution in [-0.4, -0.2) is 45.2 Å². The molecule has 1 saturated heterocycles. The van der Waals surface area contributed by atoms with E-state index in [1.165, 1.54) is 0 Å². The average Bonchev–Trinajstić information content (AvgIpc) is 2.61. The fourth-order valence-electron chi connectivity index (χ4n) is 1.43. The molecule has 6 heteroatoms. The van der Waals surface area contributed by atoms with Gasteiger partial charge in [0.1, 0.15) is 6.61 Å². The summed E-state index contributed by atoms with van der Waals surface area (Å²) in [5, 5.41) is 3.23. The number of hydrogen-bond donors (Lipinski definition) is 1. The minimum Gasteiger partial charge on any atom is -0.377 e. The monoisotopic (exact) mass is 227 g/mol. The first-order valence-corrected chi connectivity index (χ1v) is 5.03. The summed E-state index contributed by atoms with van der Waals surface area (Å²) < 4.78 is 44.5. The van der Waals surface area contributed by atoms with Crippen molar-refractivity contribution in [1.29, 1.82) is 0 Å². The van der Waals surface area contributed by atoms with Crippen molar-refractivity contribution in [1.82, 2.24) is 5.32 Å². The second-order valence-corrected chi connectivity index (χ2v) is 3.54. The van der Waals surface area contributed by atoms with Gasteiger partial charge in [-0.1, -0.05) is 0 Å². The summed E-state index contributed by atoms with van der Waals surface area (Å²) in [5.41, 5.74) is 0. The van der Waals surface area contributed by atoms with Crippen molar-refractivity contribution in [3.05, 3.63) is 0 Å². The average molecular weight is 227 g/mol. The number of hydrogen-bond acceptors (Lipinski definition) is 3. The Morgan fingerprint density at radius 2 is 1.93 bits per heavy atom. The zero-order chi connectivity index (χ0) is 11.1. The highest BCUT2D eigenvalue weighted by Crippen LogP contribution is 2.14. The first-order valence-electron chi connectivity index (χ1n) is 5.03. The lowest BCUT2D eigenvalue weighted by atomic mass is 10.2. The van der Waals surface area contributed by atoms with Gasteiger partial charge in [-0.25, -0.2) is 0 Å². The van der Waals surface area contributed by atoms with Gasteiger partial charge in [0.15, 0.2) is 0 Å². The van der Waals surface area contributed by atoms with E-state index in [4.69, 9.17) is 4.74 Å². The SMILES string of the molecule is FC(F)(F)COCCOCC1CCCN1. The van der Waals surface area contributed by atoms with E-state index in [0.717, 1.165) is 19.4 Å². The Hall–Kier alpha value is -0.330. The first-order chi connectivity index (χ1) is 7.08. The van der Waals surface area contributed by atoms with E-state index >= 15 is 0 Å². The summed E-state index contributed by atoms with van der Waals surface area (Å²) in [6, 6.07) is 0.354. The molecule has 0 spiro atoms. The van der Waals surface area contributed by atoms with Crippen molar-refractivity contribution in [2.45, 2.75) is 25.1 Å². The highest BCUT2D eigenvalue weighted by Gasteiger charge is 2.27. The molecule has 1 fully saturated rings. The standard InChI is InChI=1S/C9H16F3NO2/c10-9(11,12)7-15-5-4-14-6-8-2-1-3-13-8/h8,13H,1-7H2. The van der Waals surface area contributed by atoms with Crippen LogP contribution in [0, 0.1) is 0 Å². The number of rotatable bonds is 6. The van der Waals surface area contributed by atoms with Gasteiger partial charge in [-0.2, -0.15) is 13.2 Å². The fraction of sp³-hybridized carbons (Fsp3) is 1.00. The van der Waals surface area contributed by atoms with E-state index in [2.05, 4.69) is 10.1 Å². The maximum atomic E-state index is 11.6. The van der Waals surface area contributed by atoms with E-state index in [9.17, 15) is 13.2 Å². The third-order valence-corrected chi connectivity index (χ3v) is 2.12. The minimum atomic E-state index is -4.24. The lowest BCUT2D eigenvalue weighted by molar-refractivity contribution is -0.176. The van der Waals surface area contributed by atoms with Crippen molar-refractivity contribution in [3.63, 3.8) is 0 Å². The smallest absolute Gasteiger partial charge is 0.377 e. The fourth-order valence-corrected chi connectivity index (χ4v) is 1.43. The molecule has 3 nitrogen and oxygen atoms in total. The van der Waals surface area contributed by atoms with Crippen molar-refractivity contribution in [3.8, 4) is 0 Å². The summed E-state index contributed by atoms with van der Waals surface area (Å²) in [7, 11) is 0. The van der Waals surface area contributed by atoms with Gasteiger partial charge < -0.3 is 14.8 Å². The summed E-state index contributed by atoms with van der Waals surface area (Å²) in [6.07, 6.45) is -2.03. The molecule has 0 radical (unpaired) electrons. The second-order valence-electron chi connectivity index (χ2n) is 3.54.